The standard InChI is InChI=1S/2C5H11O.2C5H5.Ti/c2*1-2-3-4-5-6;2*1-2-4-5-3-1;/h2*2-5H2,1H3;2*1-3H,4H2;/q2*-1;;;+2. The van der Waals surface area contributed by atoms with Crippen LogP contribution in [-0.4, -0.2) is 13.2 Å². The Hall–Kier alpha value is -0.406. The fourth-order valence-electron chi connectivity index (χ4n) is 1.99. The van der Waals surface area contributed by atoms with Crippen LogP contribution in [-0.2, 0) is 19.2 Å². The summed E-state index contributed by atoms with van der Waals surface area (Å²) in [5.41, 5.74) is 0. The van der Waals surface area contributed by atoms with Gasteiger partial charge in [0.05, 0.1) is 0 Å². The predicted octanol–water partition coefficient (Wildman–Crippen LogP) is 3.83. The van der Waals surface area contributed by atoms with E-state index in [4.69, 9.17) is 0 Å². The molecule has 0 amide bonds. The summed E-state index contributed by atoms with van der Waals surface area (Å²) in [5, 5.41) is 19.4. The Balaban J connectivity index is 0.000000349. The largest absolute Gasteiger partial charge is 0.854 e. The van der Waals surface area contributed by atoms with Crippen molar-refractivity contribution in [2.45, 2.75) is 65.2 Å². The molecule has 2 nitrogen and oxygen atoms in total. The third-order valence-corrected chi connectivity index (χ3v) is 5.52. The molecule has 2 rings (SSSR count). The van der Waals surface area contributed by atoms with Gasteiger partial charge in [0.25, 0.3) is 0 Å². The second kappa shape index (κ2) is 17.9. The first-order valence-electron chi connectivity index (χ1n) is 8.93. The van der Waals surface area contributed by atoms with Gasteiger partial charge in [-0.3, -0.25) is 0 Å². The van der Waals surface area contributed by atoms with Crippen molar-refractivity contribution < 1.29 is 29.4 Å². The number of allylic oxidation sites excluding steroid dienone is 8. The molecule has 0 saturated carbocycles. The van der Waals surface area contributed by atoms with Gasteiger partial charge in [0.15, 0.2) is 0 Å². The Morgan fingerprint density at radius 3 is 1.43 bits per heavy atom. The summed E-state index contributed by atoms with van der Waals surface area (Å²) < 4.78 is 3.36. The van der Waals surface area contributed by atoms with E-state index < -0.39 is 0 Å². The van der Waals surface area contributed by atoms with Crippen molar-refractivity contribution in [2.75, 3.05) is 13.2 Å². The Morgan fingerprint density at radius 1 is 0.783 bits per heavy atom. The van der Waals surface area contributed by atoms with Gasteiger partial charge >= 0.3 is 76.2 Å². The van der Waals surface area contributed by atoms with Crippen molar-refractivity contribution in [2.24, 2.45) is 0 Å². The molecule has 0 aromatic rings. The molecule has 0 N–H and O–H groups in total. The van der Waals surface area contributed by atoms with Crippen molar-refractivity contribution >= 4 is 0 Å². The minimum absolute atomic E-state index is 0.0833. The molecular weight excluding hydrogens is 320 g/mol. The minimum atomic E-state index is 0.0833. The van der Waals surface area contributed by atoms with E-state index in [0.717, 1.165) is 38.5 Å². The van der Waals surface area contributed by atoms with Gasteiger partial charge in [0.1, 0.15) is 0 Å². The molecule has 0 unspecified atom stereocenters. The Labute approximate surface area is 152 Å². The van der Waals surface area contributed by atoms with Gasteiger partial charge in [0, 0.05) is 0 Å². The van der Waals surface area contributed by atoms with E-state index in [1.54, 1.807) is 7.76 Å². The first kappa shape index (κ1) is 22.6. The van der Waals surface area contributed by atoms with Crippen LogP contribution >= 0.6 is 0 Å². The summed E-state index contributed by atoms with van der Waals surface area (Å²) >= 11 is 0.0833. The molecule has 23 heavy (non-hydrogen) atoms. The smallest absolute Gasteiger partial charge is 0.0548 e. The van der Waals surface area contributed by atoms with Crippen LogP contribution < -0.4 is 10.2 Å². The Kier molecular flexibility index (Phi) is 17.6. The maximum absolute atomic E-state index is 9.69. The van der Waals surface area contributed by atoms with Crippen LogP contribution in [0.1, 0.15) is 65.2 Å². The zero-order valence-corrected chi connectivity index (χ0v) is 16.4. The first-order valence-corrected chi connectivity index (χ1v) is 10.5. The molecule has 0 bridgehead atoms. The molecule has 2 aliphatic rings. The molecule has 0 saturated heterocycles. The third-order valence-electron chi connectivity index (χ3n) is 3.36. The summed E-state index contributed by atoms with van der Waals surface area (Å²) in [6.45, 7) is 4.40. The van der Waals surface area contributed by atoms with Crippen LogP contribution in [0.4, 0.5) is 0 Å². The van der Waals surface area contributed by atoms with Gasteiger partial charge in [-0.15, -0.1) is 13.2 Å². The van der Waals surface area contributed by atoms with Gasteiger partial charge in [-0.2, -0.15) is 0 Å². The quantitative estimate of drug-likeness (QED) is 0.492. The summed E-state index contributed by atoms with van der Waals surface area (Å²) in [6, 6.07) is 0. The zero-order chi connectivity index (χ0) is 17.2. The van der Waals surface area contributed by atoms with Gasteiger partial charge in [-0.05, 0) is 0 Å². The van der Waals surface area contributed by atoms with E-state index in [1.165, 1.54) is 12.8 Å². The number of hydrogen-bond acceptors (Lipinski definition) is 2. The average Bonchev–Trinajstić information content (AvgIpc) is 3.26. The van der Waals surface area contributed by atoms with Gasteiger partial charge in [0.2, 0.25) is 0 Å². The fourth-order valence-corrected chi connectivity index (χ4v) is 3.88. The average molecular weight is 352 g/mol. The molecule has 0 spiro atoms. The van der Waals surface area contributed by atoms with Crippen molar-refractivity contribution in [1.82, 2.24) is 0 Å². The third kappa shape index (κ3) is 14.9. The summed E-state index contributed by atoms with van der Waals surface area (Å²) in [4.78, 5) is 0. The van der Waals surface area contributed by atoms with Crippen LogP contribution in [0.5, 0.6) is 0 Å². The number of unbranched alkanes of at least 4 members (excludes halogenated alkanes) is 4. The zero-order valence-electron chi connectivity index (χ0n) is 14.9. The monoisotopic (exact) mass is 352 g/mol. The van der Waals surface area contributed by atoms with E-state index >= 15 is 0 Å². The maximum atomic E-state index is 9.69. The van der Waals surface area contributed by atoms with E-state index in [9.17, 15) is 10.2 Å². The summed E-state index contributed by atoms with van der Waals surface area (Å²) in [6.07, 6.45) is 22.1. The van der Waals surface area contributed by atoms with Crippen LogP contribution in [0, 0.1) is 0 Å². The van der Waals surface area contributed by atoms with Crippen molar-refractivity contribution in [3.8, 4) is 0 Å². The van der Waals surface area contributed by atoms with Crippen LogP contribution in [0.3, 0.4) is 0 Å². The molecule has 2 aliphatic carbocycles. The Morgan fingerprint density at radius 2 is 1.22 bits per heavy atom. The maximum Gasteiger partial charge on any atom is -0.0548 e. The van der Waals surface area contributed by atoms with Crippen molar-refractivity contribution in [3.63, 3.8) is 0 Å². The second-order valence-corrected chi connectivity index (χ2v) is 7.99. The van der Waals surface area contributed by atoms with Crippen LogP contribution in [0.25, 0.3) is 0 Å². The van der Waals surface area contributed by atoms with Crippen LogP contribution in [0.15, 0.2) is 44.2 Å². The predicted molar refractivity (Wildman–Crippen MR) is 92.5 cm³/mol. The molecule has 0 radical (unpaired) electrons. The molecule has 0 fully saturated rings. The summed E-state index contributed by atoms with van der Waals surface area (Å²) in [5.74, 6) is 0. The van der Waals surface area contributed by atoms with E-state index in [-0.39, 0.29) is 32.4 Å². The Bertz CT molecular complexity index is 337. The molecule has 0 atom stereocenters. The molecule has 0 aromatic carbocycles. The van der Waals surface area contributed by atoms with Crippen molar-refractivity contribution in [1.29, 1.82) is 0 Å². The van der Waals surface area contributed by atoms with Crippen molar-refractivity contribution in [3.05, 3.63) is 44.2 Å². The second-order valence-electron chi connectivity index (χ2n) is 5.60. The molecular formula is C20H32O2Ti. The first-order chi connectivity index (χ1) is 11.3. The van der Waals surface area contributed by atoms with E-state index in [0.29, 0.717) is 0 Å². The fraction of sp³-hybridized carbons (Fsp3) is 0.600. The normalized spacial score (nSPS) is 14.3. The number of hydrogen-bond donors (Lipinski definition) is 0. The molecule has 0 aromatic heterocycles. The molecule has 3 heteroatoms. The SMILES string of the molecule is C1=CC[C]([Ti+2][C]2=CC=CC2)=C1.CCCCC[O-].CCCCC[O-]. The number of rotatable bonds is 8. The van der Waals surface area contributed by atoms with Gasteiger partial charge in [-0.25, -0.2) is 0 Å². The summed E-state index contributed by atoms with van der Waals surface area (Å²) in [7, 11) is 0. The molecule has 128 valence electrons. The van der Waals surface area contributed by atoms with E-state index in [1.807, 2.05) is 0 Å². The molecule has 0 aliphatic heterocycles. The van der Waals surface area contributed by atoms with Gasteiger partial charge in [-0.1, -0.05) is 52.4 Å². The molecule has 0 heterocycles. The minimum Gasteiger partial charge on any atom is -0.854 e. The topological polar surface area (TPSA) is 46.1 Å². The van der Waals surface area contributed by atoms with Gasteiger partial charge < -0.3 is 10.2 Å². The van der Waals surface area contributed by atoms with E-state index in [2.05, 4.69) is 50.3 Å². The van der Waals surface area contributed by atoms with Crippen LogP contribution in [0.2, 0.25) is 0 Å².